The normalized spacial score (nSPS) is 22.1. The van der Waals surface area contributed by atoms with Crippen LogP contribution in [0.5, 0.6) is 0 Å². The average molecular weight is 334 g/mol. The van der Waals surface area contributed by atoms with Crippen LogP contribution in [0.4, 0.5) is 0 Å². The Hall–Kier alpha value is -1.79. The molecular formula is C18H26N2O4. The van der Waals surface area contributed by atoms with Gasteiger partial charge in [0.25, 0.3) is 5.91 Å². The summed E-state index contributed by atoms with van der Waals surface area (Å²) in [5.74, 6) is -0.606. The minimum absolute atomic E-state index is 0.119. The molecule has 6 heteroatoms. The van der Waals surface area contributed by atoms with Crippen molar-refractivity contribution < 1.29 is 19.5 Å². The first-order valence-electron chi connectivity index (χ1n) is 8.36. The van der Waals surface area contributed by atoms with Gasteiger partial charge in [0.15, 0.2) is 11.6 Å². The maximum Gasteiger partial charge on any atom is 0.254 e. The lowest BCUT2D eigenvalue weighted by molar-refractivity contribution is -0.150. The van der Waals surface area contributed by atoms with Gasteiger partial charge in [-0.1, -0.05) is 0 Å². The van der Waals surface area contributed by atoms with Crippen molar-refractivity contribution in [1.29, 1.82) is 0 Å². The third-order valence-electron chi connectivity index (χ3n) is 5.04. The van der Waals surface area contributed by atoms with Gasteiger partial charge in [0, 0.05) is 48.5 Å². The summed E-state index contributed by atoms with van der Waals surface area (Å²) < 4.78 is 0. The predicted molar refractivity (Wildman–Crippen MR) is 90.4 cm³/mol. The first-order chi connectivity index (χ1) is 11.2. The van der Waals surface area contributed by atoms with Gasteiger partial charge in [0.05, 0.1) is 0 Å². The van der Waals surface area contributed by atoms with Crippen molar-refractivity contribution >= 4 is 17.5 Å². The number of hydrogen-bond acceptors (Lipinski definition) is 5. The molecule has 132 valence electrons. The number of ketones is 2. The summed E-state index contributed by atoms with van der Waals surface area (Å²) in [5, 5.41) is 13.7. The van der Waals surface area contributed by atoms with Crippen molar-refractivity contribution in [2.75, 3.05) is 26.2 Å². The van der Waals surface area contributed by atoms with E-state index in [0.29, 0.717) is 48.5 Å². The SMILES string of the molecule is CC1=C(C)C(=O)C(CCC(C)(O)C(=O)N2CCNCC2)=C(C)C1=O. The molecule has 2 rings (SSSR count). The Bertz CT molecular complexity index is 637. The summed E-state index contributed by atoms with van der Waals surface area (Å²) in [6, 6.07) is 0. The smallest absolute Gasteiger partial charge is 0.254 e. The first-order valence-corrected chi connectivity index (χ1v) is 8.36. The zero-order valence-corrected chi connectivity index (χ0v) is 14.9. The molecular weight excluding hydrogens is 308 g/mol. The standard InChI is InChI=1S/C18H26N2O4/c1-11-12(2)16(22)14(13(3)15(11)21)5-6-18(4,24)17(23)20-9-7-19-8-10-20/h19,24H,5-10H2,1-4H3. The van der Waals surface area contributed by atoms with Crippen molar-refractivity contribution in [3.8, 4) is 0 Å². The Labute approximate surface area is 142 Å². The molecule has 1 aliphatic carbocycles. The molecule has 0 bridgehead atoms. The number of allylic oxidation sites excluding steroid dienone is 4. The van der Waals surface area contributed by atoms with Crippen molar-refractivity contribution in [3.05, 3.63) is 22.3 Å². The van der Waals surface area contributed by atoms with E-state index in [1.807, 2.05) is 0 Å². The molecule has 6 nitrogen and oxygen atoms in total. The number of amides is 1. The van der Waals surface area contributed by atoms with E-state index in [-0.39, 0.29) is 30.3 Å². The van der Waals surface area contributed by atoms with E-state index in [1.54, 1.807) is 25.7 Å². The molecule has 0 aromatic carbocycles. The highest BCUT2D eigenvalue weighted by molar-refractivity contribution is 6.24. The van der Waals surface area contributed by atoms with E-state index in [1.165, 1.54) is 6.92 Å². The van der Waals surface area contributed by atoms with Crippen LogP contribution in [0.25, 0.3) is 0 Å². The molecule has 1 saturated heterocycles. The Morgan fingerprint density at radius 2 is 1.62 bits per heavy atom. The molecule has 2 N–H and O–H groups in total. The summed E-state index contributed by atoms with van der Waals surface area (Å²) in [6.45, 7) is 8.97. The highest BCUT2D eigenvalue weighted by atomic mass is 16.3. The van der Waals surface area contributed by atoms with Crippen LogP contribution in [-0.4, -0.2) is 59.3 Å². The molecule has 0 aromatic rings. The molecule has 1 amide bonds. The van der Waals surface area contributed by atoms with Gasteiger partial charge in [-0.05, 0) is 40.5 Å². The van der Waals surface area contributed by atoms with Gasteiger partial charge < -0.3 is 15.3 Å². The second kappa shape index (κ2) is 6.99. The molecule has 1 heterocycles. The van der Waals surface area contributed by atoms with E-state index in [4.69, 9.17) is 0 Å². The number of rotatable bonds is 4. The number of Topliss-reactive ketones (excluding diaryl/α,β-unsaturated/α-hetero) is 2. The summed E-state index contributed by atoms with van der Waals surface area (Å²) in [4.78, 5) is 38.8. The second-order valence-electron chi connectivity index (χ2n) is 6.83. The highest BCUT2D eigenvalue weighted by Gasteiger charge is 2.36. The van der Waals surface area contributed by atoms with Gasteiger partial charge in [-0.2, -0.15) is 0 Å². The van der Waals surface area contributed by atoms with Gasteiger partial charge >= 0.3 is 0 Å². The van der Waals surface area contributed by atoms with E-state index in [0.717, 1.165) is 0 Å². The number of hydrogen-bond donors (Lipinski definition) is 2. The fraction of sp³-hybridized carbons (Fsp3) is 0.611. The Morgan fingerprint density at radius 1 is 1.08 bits per heavy atom. The number of nitrogens with one attached hydrogen (secondary N) is 1. The number of carbonyl (C=O) groups is 3. The van der Waals surface area contributed by atoms with Crippen LogP contribution in [-0.2, 0) is 14.4 Å². The van der Waals surface area contributed by atoms with Crippen molar-refractivity contribution in [1.82, 2.24) is 10.2 Å². The second-order valence-corrected chi connectivity index (χ2v) is 6.83. The quantitative estimate of drug-likeness (QED) is 0.741. The average Bonchev–Trinajstić information content (AvgIpc) is 2.58. The molecule has 0 saturated carbocycles. The lowest BCUT2D eigenvalue weighted by Gasteiger charge is -2.34. The van der Waals surface area contributed by atoms with Gasteiger partial charge in [0.2, 0.25) is 0 Å². The zero-order valence-electron chi connectivity index (χ0n) is 14.9. The van der Waals surface area contributed by atoms with Crippen molar-refractivity contribution in [2.45, 2.75) is 46.1 Å². The Kier molecular flexibility index (Phi) is 5.40. The van der Waals surface area contributed by atoms with Crippen molar-refractivity contribution in [3.63, 3.8) is 0 Å². The van der Waals surface area contributed by atoms with Gasteiger partial charge in [-0.15, -0.1) is 0 Å². The molecule has 1 unspecified atom stereocenters. The predicted octanol–water partition coefficient (Wildman–Crippen LogP) is 0.754. The summed E-state index contributed by atoms with van der Waals surface area (Å²) >= 11 is 0. The molecule has 0 aromatic heterocycles. The number of nitrogens with zero attached hydrogens (tertiary/aromatic N) is 1. The van der Waals surface area contributed by atoms with E-state index < -0.39 is 5.60 Å². The van der Waals surface area contributed by atoms with Crippen LogP contribution in [0.15, 0.2) is 22.3 Å². The Balaban J connectivity index is 2.10. The zero-order chi connectivity index (χ0) is 18.1. The molecule has 0 radical (unpaired) electrons. The lowest BCUT2D eigenvalue weighted by atomic mass is 9.82. The maximum absolute atomic E-state index is 12.5. The molecule has 1 atom stereocenters. The van der Waals surface area contributed by atoms with Crippen LogP contribution in [0.2, 0.25) is 0 Å². The van der Waals surface area contributed by atoms with Crippen LogP contribution < -0.4 is 5.32 Å². The monoisotopic (exact) mass is 334 g/mol. The number of piperazine rings is 1. The maximum atomic E-state index is 12.5. The minimum Gasteiger partial charge on any atom is -0.380 e. The minimum atomic E-state index is -1.54. The van der Waals surface area contributed by atoms with Crippen LogP contribution in [0.3, 0.4) is 0 Å². The largest absolute Gasteiger partial charge is 0.380 e. The third-order valence-corrected chi connectivity index (χ3v) is 5.04. The van der Waals surface area contributed by atoms with E-state index in [2.05, 4.69) is 5.32 Å². The van der Waals surface area contributed by atoms with Crippen LogP contribution >= 0.6 is 0 Å². The summed E-state index contributed by atoms with van der Waals surface area (Å²) in [6.07, 6.45) is 0.333. The summed E-state index contributed by atoms with van der Waals surface area (Å²) in [7, 11) is 0. The molecule has 0 spiro atoms. The van der Waals surface area contributed by atoms with E-state index in [9.17, 15) is 19.5 Å². The van der Waals surface area contributed by atoms with Gasteiger partial charge in [-0.3, -0.25) is 14.4 Å². The fourth-order valence-electron chi connectivity index (χ4n) is 3.14. The summed E-state index contributed by atoms with van der Waals surface area (Å²) in [5.41, 5.74) is 0.224. The lowest BCUT2D eigenvalue weighted by Crippen LogP contribution is -2.53. The molecule has 1 aliphatic heterocycles. The van der Waals surface area contributed by atoms with Crippen molar-refractivity contribution in [2.24, 2.45) is 0 Å². The highest BCUT2D eigenvalue weighted by Crippen LogP contribution is 2.29. The molecule has 24 heavy (non-hydrogen) atoms. The molecule has 2 aliphatic rings. The van der Waals surface area contributed by atoms with Crippen LogP contribution in [0, 0.1) is 0 Å². The number of aliphatic hydroxyl groups is 1. The molecule has 1 fully saturated rings. The van der Waals surface area contributed by atoms with Gasteiger partial charge in [-0.25, -0.2) is 0 Å². The van der Waals surface area contributed by atoms with Gasteiger partial charge in [0.1, 0.15) is 5.60 Å². The number of carbonyl (C=O) groups excluding carboxylic acids is 3. The van der Waals surface area contributed by atoms with Crippen LogP contribution in [0.1, 0.15) is 40.5 Å². The first kappa shape index (κ1) is 18.5. The Morgan fingerprint density at radius 3 is 2.21 bits per heavy atom. The topological polar surface area (TPSA) is 86.7 Å². The van der Waals surface area contributed by atoms with E-state index >= 15 is 0 Å². The third kappa shape index (κ3) is 3.49. The fourth-order valence-corrected chi connectivity index (χ4v) is 3.14.